The summed E-state index contributed by atoms with van der Waals surface area (Å²) in [5.74, 6) is 1.85. The van der Waals surface area contributed by atoms with Crippen LogP contribution >= 0.6 is 11.3 Å². The fourth-order valence-corrected chi connectivity index (χ4v) is 12.0. The normalized spacial score (nSPS) is 13.1. The molecule has 0 bridgehead atoms. The van der Waals surface area contributed by atoms with E-state index in [0.717, 1.165) is 70.9 Å². The molecule has 4 heterocycles. The molecule has 0 radical (unpaired) electrons. The van der Waals surface area contributed by atoms with Crippen molar-refractivity contribution in [2.24, 2.45) is 0 Å². The van der Waals surface area contributed by atoms with Gasteiger partial charge in [0.05, 0.1) is 15.7 Å². The van der Waals surface area contributed by atoms with Crippen molar-refractivity contribution in [3.63, 3.8) is 0 Å². The molecule has 0 atom stereocenters. The first-order valence-corrected chi connectivity index (χ1v) is 23.2. The van der Waals surface area contributed by atoms with Gasteiger partial charge < -0.3 is 8.98 Å². The molecule has 5 nitrogen and oxygen atoms in total. The number of hydrogen-bond acceptors (Lipinski definition) is 5. The summed E-state index contributed by atoms with van der Waals surface area (Å²) in [6, 6.07) is 69.1. The first-order valence-electron chi connectivity index (χ1n) is 22.4. The van der Waals surface area contributed by atoms with Gasteiger partial charge in [-0.05, 0) is 88.0 Å². The minimum absolute atomic E-state index is 0.142. The van der Waals surface area contributed by atoms with E-state index in [2.05, 4.69) is 194 Å². The Labute approximate surface area is 383 Å². The number of rotatable bonds is 5. The number of benzene rings is 9. The number of furan rings is 1. The van der Waals surface area contributed by atoms with Crippen LogP contribution < -0.4 is 0 Å². The van der Waals surface area contributed by atoms with Crippen LogP contribution in [0.5, 0.6) is 0 Å². The highest BCUT2D eigenvalue weighted by molar-refractivity contribution is 7.26. The minimum Gasteiger partial charge on any atom is -0.455 e. The van der Waals surface area contributed by atoms with Gasteiger partial charge in [0.2, 0.25) is 0 Å². The lowest BCUT2D eigenvalue weighted by molar-refractivity contribution is 0.666. The minimum atomic E-state index is -0.142. The van der Waals surface area contributed by atoms with E-state index in [4.69, 9.17) is 19.4 Å². The van der Waals surface area contributed by atoms with E-state index in [-0.39, 0.29) is 5.41 Å². The van der Waals surface area contributed by atoms with E-state index in [1.165, 1.54) is 48.8 Å². The molecule has 66 heavy (non-hydrogen) atoms. The van der Waals surface area contributed by atoms with Crippen LogP contribution in [0.2, 0.25) is 0 Å². The fourth-order valence-electron chi connectivity index (χ4n) is 10.8. The van der Waals surface area contributed by atoms with Crippen molar-refractivity contribution < 1.29 is 4.42 Å². The molecule has 0 N–H and O–H groups in total. The third-order valence-corrected chi connectivity index (χ3v) is 15.1. The number of thiophene rings is 1. The van der Waals surface area contributed by atoms with E-state index < -0.39 is 0 Å². The number of nitrogens with zero attached hydrogens (tertiary/aromatic N) is 4. The lowest BCUT2D eigenvalue weighted by Crippen LogP contribution is -2.15. The van der Waals surface area contributed by atoms with Crippen LogP contribution in [0.15, 0.2) is 199 Å². The summed E-state index contributed by atoms with van der Waals surface area (Å²) >= 11 is 1.75. The Bertz CT molecular complexity index is 4120. The summed E-state index contributed by atoms with van der Waals surface area (Å²) in [7, 11) is 0. The monoisotopic (exact) mass is 862 g/mol. The predicted octanol–water partition coefficient (Wildman–Crippen LogP) is 16.2. The first-order chi connectivity index (χ1) is 32.5. The van der Waals surface area contributed by atoms with Crippen LogP contribution in [0.1, 0.15) is 25.0 Å². The molecule has 4 aromatic heterocycles. The highest BCUT2D eigenvalue weighted by Gasteiger charge is 2.38. The molecule has 14 rings (SSSR count). The first kappa shape index (κ1) is 37.2. The fraction of sp³-hybridized carbons (Fsp3) is 0.0500. The van der Waals surface area contributed by atoms with E-state index in [1.807, 2.05) is 18.2 Å². The molecule has 1 aliphatic rings. The van der Waals surface area contributed by atoms with E-state index >= 15 is 0 Å². The van der Waals surface area contributed by atoms with E-state index in [1.54, 1.807) is 11.3 Å². The second kappa shape index (κ2) is 13.9. The standard InChI is InChI=1S/C60H38N4OS/c1-60(2)47-20-10-6-16-40(47)42-32-33-49-52(54(42)60)43-18-7-11-21-48(43)64(49)39-30-28-38(29-31-39)58-61-57(37-26-24-36(25-27-37)35-14-4-3-5-15-35)62-59(63-58)46-34-45-41-17-8-12-22-50(41)65-55(45)53-44-19-9-13-23-51(44)66-56(46)53/h3-34H,1-2H3. The van der Waals surface area contributed by atoms with Gasteiger partial charge in [0.15, 0.2) is 17.5 Å². The maximum atomic E-state index is 6.65. The van der Waals surface area contributed by atoms with Crippen LogP contribution in [-0.2, 0) is 5.41 Å². The Morgan fingerprint density at radius 2 is 1.08 bits per heavy atom. The van der Waals surface area contributed by atoms with Crippen molar-refractivity contribution in [3.8, 4) is 62.1 Å². The van der Waals surface area contributed by atoms with Gasteiger partial charge in [0.25, 0.3) is 0 Å². The van der Waals surface area contributed by atoms with Gasteiger partial charge in [-0.3, -0.25) is 0 Å². The molecule has 0 fully saturated rings. The third kappa shape index (κ3) is 5.36. The van der Waals surface area contributed by atoms with Crippen molar-refractivity contribution >= 4 is 75.3 Å². The van der Waals surface area contributed by atoms with Crippen molar-refractivity contribution in [1.82, 2.24) is 19.5 Å². The van der Waals surface area contributed by atoms with Gasteiger partial charge in [-0.1, -0.05) is 153 Å². The highest BCUT2D eigenvalue weighted by atomic mass is 32.1. The van der Waals surface area contributed by atoms with Gasteiger partial charge in [-0.2, -0.15) is 0 Å². The Hall–Kier alpha value is -8.19. The zero-order valence-electron chi connectivity index (χ0n) is 36.1. The zero-order valence-corrected chi connectivity index (χ0v) is 36.9. The molecule has 9 aromatic carbocycles. The third-order valence-electron chi connectivity index (χ3n) is 13.9. The van der Waals surface area contributed by atoms with Gasteiger partial charge in [-0.15, -0.1) is 11.3 Å². The maximum absolute atomic E-state index is 6.65. The van der Waals surface area contributed by atoms with Gasteiger partial charge in [0.1, 0.15) is 11.2 Å². The molecule has 13 aromatic rings. The molecule has 0 saturated heterocycles. The van der Waals surface area contributed by atoms with E-state index in [0.29, 0.717) is 17.5 Å². The van der Waals surface area contributed by atoms with Crippen molar-refractivity contribution in [1.29, 1.82) is 0 Å². The Kier molecular flexibility index (Phi) is 7.84. The lowest BCUT2D eigenvalue weighted by atomic mass is 9.80. The summed E-state index contributed by atoms with van der Waals surface area (Å²) in [5.41, 5.74) is 15.6. The second-order valence-electron chi connectivity index (χ2n) is 17.9. The van der Waals surface area contributed by atoms with Crippen LogP contribution in [0.4, 0.5) is 0 Å². The van der Waals surface area contributed by atoms with Crippen LogP contribution in [-0.4, -0.2) is 19.5 Å². The van der Waals surface area contributed by atoms with Crippen LogP contribution in [0, 0.1) is 0 Å². The van der Waals surface area contributed by atoms with E-state index in [9.17, 15) is 0 Å². The number of para-hydroxylation sites is 2. The molecule has 0 unspecified atom stereocenters. The number of hydrogen-bond donors (Lipinski definition) is 0. The molecular weight excluding hydrogens is 825 g/mol. The molecule has 1 aliphatic carbocycles. The molecule has 0 amide bonds. The zero-order chi connectivity index (χ0) is 43.7. The number of aromatic nitrogens is 4. The number of fused-ring (bicyclic) bond motifs is 14. The molecule has 0 aliphatic heterocycles. The van der Waals surface area contributed by atoms with Crippen molar-refractivity contribution in [2.45, 2.75) is 19.3 Å². The SMILES string of the molecule is CC1(C)c2ccccc2-c2ccc3c(c21)c1ccccc1n3-c1ccc(-c2nc(-c3ccc(-c4ccccc4)cc3)nc(-c3cc4c5ccccc5oc4c4c3sc3ccccc34)n2)cc1. The van der Waals surface area contributed by atoms with Gasteiger partial charge in [0, 0.05) is 64.8 Å². The van der Waals surface area contributed by atoms with Crippen LogP contribution in [0.25, 0.3) is 126 Å². The predicted molar refractivity (Wildman–Crippen MR) is 274 cm³/mol. The summed E-state index contributed by atoms with van der Waals surface area (Å²) < 4.78 is 11.3. The summed E-state index contributed by atoms with van der Waals surface area (Å²) in [6.07, 6.45) is 0. The van der Waals surface area contributed by atoms with Crippen molar-refractivity contribution in [3.05, 3.63) is 205 Å². The van der Waals surface area contributed by atoms with Crippen molar-refractivity contribution in [2.75, 3.05) is 0 Å². The smallest absolute Gasteiger partial charge is 0.165 e. The second-order valence-corrected chi connectivity index (χ2v) is 19.0. The quantitative estimate of drug-likeness (QED) is 0.173. The Balaban J connectivity index is 0.962. The topological polar surface area (TPSA) is 56.7 Å². The lowest BCUT2D eigenvalue weighted by Gasteiger charge is -2.22. The molecule has 6 heteroatoms. The summed E-state index contributed by atoms with van der Waals surface area (Å²) in [6.45, 7) is 4.74. The Morgan fingerprint density at radius 1 is 0.455 bits per heavy atom. The van der Waals surface area contributed by atoms with Gasteiger partial charge >= 0.3 is 0 Å². The maximum Gasteiger partial charge on any atom is 0.165 e. The average molecular weight is 863 g/mol. The van der Waals surface area contributed by atoms with Gasteiger partial charge in [-0.25, -0.2) is 15.0 Å². The summed E-state index contributed by atoms with van der Waals surface area (Å²) in [4.78, 5) is 15.9. The molecule has 0 spiro atoms. The summed E-state index contributed by atoms with van der Waals surface area (Å²) in [5, 5.41) is 6.93. The molecule has 0 saturated carbocycles. The van der Waals surface area contributed by atoms with Crippen LogP contribution in [0.3, 0.4) is 0 Å². The largest absolute Gasteiger partial charge is 0.455 e. The molecular formula is C60H38N4OS. The molecule has 310 valence electrons. The average Bonchev–Trinajstić information content (AvgIpc) is 4.11. The Morgan fingerprint density at radius 3 is 1.88 bits per heavy atom. The highest BCUT2D eigenvalue weighted by Crippen LogP contribution is 2.53.